The van der Waals surface area contributed by atoms with Crippen molar-refractivity contribution in [3.63, 3.8) is 0 Å². The van der Waals surface area contributed by atoms with Crippen molar-refractivity contribution in [2.24, 2.45) is 0 Å². The van der Waals surface area contributed by atoms with Crippen LogP contribution in [0.4, 0.5) is 0 Å². The maximum atomic E-state index is 6.00. The molecule has 0 spiro atoms. The molecule has 0 aliphatic carbocycles. The number of hydrogen-bond donors (Lipinski definition) is 0. The molecule has 0 amide bonds. The molecule has 2 rings (SSSR count). The van der Waals surface area contributed by atoms with E-state index in [2.05, 4.69) is 30.1 Å². The Kier molecular flexibility index (Phi) is 3.22. The van der Waals surface area contributed by atoms with Crippen LogP contribution < -0.4 is 0 Å². The fourth-order valence-electron chi connectivity index (χ4n) is 1.73. The molecule has 0 radical (unpaired) electrons. The first kappa shape index (κ1) is 10.4. The molecule has 1 heterocycles. The van der Waals surface area contributed by atoms with E-state index in [1.807, 2.05) is 6.07 Å². The van der Waals surface area contributed by atoms with E-state index < -0.39 is 0 Å². The van der Waals surface area contributed by atoms with E-state index in [0.717, 1.165) is 11.8 Å². The number of benzene rings is 1. The Morgan fingerprint density at radius 2 is 2.13 bits per heavy atom. The fraction of sp³-hybridized carbons (Fsp3) is 0.308. The smallest absolute Gasteiger partial charge is 0.136 e. The average molecular weight is 220 g/mol. The van der Waals surface area contributed by atoms with Crippen molar-refractivity contribution in [1.82, 2.24) is 4.98 Å². The number of hydrogen-bond acceptors (Lipinski definition) is 1. The van der Waals surface area contributed by atoms with Gasteiger partial charge < -0.3 is 0 Å². The van der Waals surface area contributed by atoms with Crippen molar-refractivity contribution in [3.05, 3.63) is 41.2 Å². The van der Waals surface area contributed by atoms with E-state index in [4.69, 9.17) is 11.6 Å². The lowest BCUT2D eigenvalue weighted by Gasteiger charge is -2.03. The van der Waals surface area contributed by atoms with Gasteiger partial charge in [-0.05, 0) is 29.9 Å². The van der Waals surface area contributed by atoms with E-state index in [1.54, 1.807) is 6.20 Å². The maximum Gasteiger partial charge on any atom is 0.136 e. The number of nitrogens with zero attached hydrogens (tertiary/aromatic N) is 1. The minimum Gasteiger partial charge on any atom is -0.244 e. The quantitative estimate of drug-likeness (QED) is 0.704. The Balaban J connectivity index is 2.39. The van der Waals surface area contributed by atoms with Crippen molar-refractivity contribution in [1.29, 1.82) is 0 Å². The number of halogens is 1. The predicted octanol–water partition coefficient (Wildman–Crippen LogP) is 4.23. The summed E-state index contributed by atoms with van der Waals surface area (Å²) in [6.07, 6.45) is 5.38. The Labute approximate surface area is 95.1 Å². The molecule has 1 nitrogen and oxygen atoms in total. The van der Waals surface area contributed by atoms with Gasteiger partial charge in [0.05, 0.1) is 0 Å². The molecule has 0 unspecified atom stereocenters. The molecule has 0 aliphatic rings. The Bertz CT molecular complexity index is 465. The van der Waals surface area contributed by atoms with Crippen molar-refractivity contribution in [2.75, 3.05) is 0 Å². The first-order valence-electron chi connectivity index (χ1n) is 5.34. The van der Waals surface area contributed by atoms with Gasteiger partial charge in [-0.3, -0.25) is 0 Å². The zero-order chi connectivity index (χ0) is 10.7. The minimum absolute atomic E-state index is 0.592. The Morgan fingerprint density at radius 1 is 1.27 bits per heavy atom. The zero-order valence-corrected chi connectivity index (χ0v) is 9.59. The van der Waals surface area contributed by atoms with Crippen LogP contribution in [0.2, 0.25) is 5.15 Å². The lowest BCUT2D eigenvalue weighted by atomic mass is 10.0. The normalized spacial score (nSPS) is 10.8. The van der Waals surface area contributed by atoms with Crippen LogP contribution in [0.5, 0.6) is 0 Å². The molecule has 1 aromatic carbocycles. The lowest BCUT2D eigenvalue weighted by Crippen LogP contribution is -1.86. The molecule has 0 bridgehead atoms. The second kappa shape index (κ2) is 4.63. The first-order chi connectivity index (χ1) is 7.31. The molecule has 78 valence electrons. The summed E-state index contributed by atoms with van der Waals surface area (Å²) in [5.74, 6) is 0. The Hall–Kier alpha value is -1.08. The SMILES string of the molecule is CCCCc1ccc2c(Cl)nccc2c1. The summed E-state index contributed by atoms with van der Waals surface area (Å²) in [4.78, 5) is 4.06. The van der Waals surface area contributed by atoms with E-state index in [1.165, 1.54) is 23.8 Å². The van der Waals surface area contributed by atoms with Crippen LogP contribution in [0.3, 0.4) is 0 Å². The molecule has 2 heteroatoms. The summed E-state index contributed by atoms with van der Waals surface area (Å²) in [5, 5.41) is 2.82. The highest BCUT2D eigenvalue weighted by molar-refractivity contribution is 6.34. The molecular formula is C13H14ClN. The lowest BCUT2D eigenvalue weighted by molar-refractivity contribution is 0.796. The van der Waals surface area contributed by atoms with E-state index in [0.29, 0.717) is 5.15 Å². The van der Waals surface area contributed by atoms with Gasteiger partial charge in [0.15, 0.2) is 0 Å². The van der Waals surface area contributed by atoms with Gasteiger partial charge in [-0.15, -0.1) is 0 Å². The molecule has 0 saturated carbocycles. The van der Waals surface area contributed by atoms with Gasteiger partial charge in [0.2, 0.25) is 0 Å². The minimum atomic E-state index is 0.592. The molecule has 0 aliphatic heterocycles. The van der Waals surface area contributed by atoms with Crippen molar-refractivity contribution < 1.29 is 0 Å². The van der Waals surface area contributed by atoms with Gasteiger partial charge in [0.25, 0.3) is 0 Å². The molecular weight excluding hydrogens is 206 g/mol. The summed E-state index contributed by atoms with van der Waals surface area (Å²) in [6, 6.07) is 8.43. The van der Waals surface area contributed by atoms with Gasteiger partial charge in [-0.2, -0.15) is 0 Å². The van der Waals surface area contributed by atoms with Crippen LogP contribution in [0.1, 0.15) is 25.3 Å². The van der Waals surface area contributed by atoms with E-state index in [9.17, 15) is 0 Å². The monoisotopic (exact) mass is 219 g/mol. The van der Waals surface area contributed by atoms with Crippen LogP contribution in [0.15, 0.2) is 30.5 Å². The van der Waals surface area contributed by atoms with Gasteiger partial charge >= 0.3 is 0 Å². The van der Waals surface area contributed by atoms with Crippen LogP contribution in [0.25, 0.3) is 10.8 Å². The van der Waals surface area contributed by atoms with Gasteiger partial charge in [0, 0.05) is 11.6 Å². The van der Waals surface area contributed by atoms with Crippen LogP contribution in [0, 0.1) is 0 Å². The number of unbranched alkanes of at least 4 members (excludes halogenated alkanes) is 1. The second-order valence-electron chi connectivity index (χ2n) is 3.76. The highest BCUT2D eigenvalue weighted by atomic mass is 35.5. The molecule has 1 aromatic heterocycles. The van der Waals surface area contributed by atoms with E-state index >= 15 is 0 Å². The topological polar surface area (TPSA) is 12.9 Å². The molecule has 0 atom stereocenters. The number of pyridine rings is 1. The third-order valence-electron chi connectivity index (χ3n) is 2.60. The third kappa shape index (κ3) is 2.29. The fourth-order valence-corrected chi connectivity index (χ4v) is 1.96. The second-order valence-corrected chi connectivity index (χ2v) is 4.12. The summed E-state index contributed by atoms with van der Waals surface area (Å²) < 4.78 is 0. The number of rotatable bonds is 3. The standard InChI is InChI=1S/C13H14ClN/c1-2-3-4-10-5-6-12-11(9-10)7-8-15-13(12)14/h5-9H,2-4H2,1H3. The van der Waals surface area contributed by atoms with Crippen molar-refractivity contribution in [3.8, 4) is 0 Å². The number of aryl methyl sites for hydroxylation is 1. The van der Waals surface area contributed by atoms with Crippen molar-refractivity contribution >= 4 is 22.4 Å². The van der Waals surface area contributed by atoms with E-state index in [-0.39, 0.29) is 0 Å². The largest absolute Gasteiger partial charge is 0.244 e. The first-order valence-corrected chi connectivity index (χ1v) is 5.72. The van der Waals surface area contributed by atoms with Gasteiger partial charge in [-0.25, -0.2) is 4.98 Å². The molecule has 0 fully saturated rings. The zero-order valence-electron chi connectivity index (χ0n) is 8.83. The number of aromatic nitrogens is 1. The molecule has 0 saturated heterocycles. The van der Waals surface area contributed by atoms with Gasteiger partial charge in [-0.1, -0.05) is 43.1 Å². The summed E-state index contributed by atoms with van der Waals surface area (Å²) >= 11 is 6.00. The summed E-state index contributed by atoms with van der Waals surface area (Å²) in [7, 11) is 0. The molecule has 0 N–H and O–H groups in total. The van der Waals surface area contributed by atoms with Gasteiger partial charge in [0.1, 0.15) is 5.15 Å². The third-order valence-corrected chi connectivity index (χ3v) is 2.90. The average Bonchev–Trinajstić information content (AvgIpc) is 2.26. The maximum absolute atomic E-state index is 6.00. The van der Waals surface area contributed by atoms with Crippen LogP contribution >= 0.6 is 11.6 Å². The summed E-state index contributed by atoms with van der Waals surface area (Å²) in [6.45, 7) is 2.21. The molecule has 15 heavy (non-hydrogen) atoms. The highest BCUT2D eigenvalue weighted by Crippen LogP contribution is 2.22. The van der Waals surface area contributed by atoms with Crippen LogP contribution in [-0.4, -0.2) is 4.98 Å². The number of fused-ring (bicyclic) bond motifs is 1. The molecule has 2 aromatic rings. The predicted molar refractivity (Wildman–Crippen MR) is 65.4 cm³/mol. The summed E-state index contributed by atoms with van der Waals surface area (Å²) in [5.41, 5.74) is 1.38. The van der Waals surface area contributed by atoms with Crippen LogP contribution in [-0.2, 0) is 6.42 Å². The highest BCUT2D eigenvalue weighted by Gasteiger charge is 2.00. The van der Waals surface area contributed by atoms with Crippen molar-refractivity contribution in [2.45, 2.75) is 26.2 Å². The Morgan fingerprint density at radius 3 is 2.93 bits per heavy atom.